The van der Waals surface area contributed by atoms with Gasteiger partial charge in [-0.05, 0) is 75.4 Å². The zero-order valence-electron chi connectivity index (χ0n) is 22.6. The summed E-state index contributed by atoms with van der Waals surface area (Å²) in [5.74, 6) is -0.139. The standard InChI is InChI=1S/C27H42N6O4S/c1-4-21(28)24(34)32-23-18(16-31-27(38)29-5-2)8-9-19-10-13-22(33(19)26(23)36)25(35)30-15-14-17-6-11-20(37-3)12-7-17/h6-7,11-12,18-19,21-23H,4-5,8-10,13-16,28H2,1-3H3,(H,30,35)(H,32,34)(H2,29,31,38)/t18-,19?,21+,22+,23+/m1/s1. The molecule has 2 fully saturated rings. The van der Waals surface area contributed by atoms with Crippen LogP contribution in [0.3, 0.4) is 0 Å². The second kappa shape index (κ2) is 14.3. The van der Waals surface area contributed by atoms with Crippen molar-refractivity contribution in [3.05, 3.63) is 29.8 Å². The van der Waals surface area contributed by atoms with Gasteiger partial charge in [0.1, 0.15) is 17.8 Å². The van der Waals surface area contributed by atoms with Crippen molar-refractivity contribution >= 4 is 35.1 Å². The first-order valence-electron chi connectivity index (χ1n) is 13.6. The molecule has 10 nitrogen and oxygen atoms in total. The average Bonchev–Trinajstić information content (AvgIpc) is 3.30. The second-order valence-corrected chi connectivity index (χ2v) is 10.4. The van der Waals surface area contributed by atoms with Crippen molar-refractivity contribution in [3.63, 3.8) is 0 Å². The number of benzene rings is 1. The Morgan fingerprint density at radius 3 is 2.47 bits per heavy atom. The van der Waals surface area contributed by atoms with Crippen molar-refractivity contribution in [3.8, 4) is 5.75 Å². The SMILES string of the molecule is CCNC(=S)NC[C@H]1CCC2CC[C@@H](C(=O)NCCc3ccc(OC)cc3)N2C(=O)[C@H]1NC(=O)[C@@H](N)CC. The predicted octanol–water partition coefficient (Wildman–Crippen LogP) is 0.830. The smallest absolute Gasteiger partial charge is 0.246 e. The lowest BCUT2D eigenvalue weighted by molar-refractivity contribution is -0.143. The van der Waals surface area contributed by atoms with E-state index in [0.29, 0.717) is 50.4 Å². The number of hydrogen-bond donors (Lipinski definition) is 5. The predicted molar refractivity (Wildman–Crippen MR) is 151 cm³/mol. The van der Waals surface area contributed by atoms with Gasteiger partial charge in [0.05, 0.1) is 13.2 Å². The number of ether oxygens (including phenoxy) is 1. The Kier molecular flexibility index (Phi) is 11.1. The molecule has 3 amide bonds. The van der Waals surface area contributed by atoms with Crippen molar-refractivity contribution in [1.29, 1.82) is 0 Å². The number of methoxy groups -OCH3 is 1. The monoisotopic (exact) mass is 546 g/mol. The fourth-order valence-electron chi connectivity index (χ4n) is 5.22. The molecule has 1 aromatic rings. The van der Waals surface area contributed by atoms with Gasteiger partial charge in [-0.1, -0.05) is 19.1 Å². The van der Waals surface area contributed by atoms with Crippen LogP contribution < -0.4 is 31.7 Å². The molecule has 6 N–H and O–H groups in total. The van der Waals surface area contributed by atoms with Gasteiger partial charge in [0.2, 0.25) is 17.7 Å². The number of nitrogens with two attached hydrogens (primary N) is 1. The average molecular weight is 547 g/mol. The third kappa shape index (κ3) is 7.57. The van der Waals surface area contributed by atoms with Crippen LogP contribution in [0.1, 0.15) is 51.5 Å². The first-order chi connectivity index (χ1) is 18.3. The molecule has 11 heteroatoms. The Morgan fingerprint density at radius 2 is 1.82 bits per heavy atom. The third-order valence-corrected chi connectivity index (χ3v) is 7.76. The van der Waals surface area contributed by atoms with Crippen LogP contribution >= 0.6 is 12.2 Å². The van der Waals surface area contributed by atoms with E-state index in [1.807, 2.05) is 38.1 Å². The highest BCUT2D eigenvalue weighted by atomic mass is 32.1. The first-order valence-corrected chi connectivity index (χ1v) is 14.0. The molecule has 0 aliphatic carbocycles. The van der Waals surface area contributed by atoms with E-state index in [1.54, 1.807) is 12.0 Å². The maximum Gasteiger partial charge on any atom is 0.246 e. The molecule has 2 aliphatic rings. The summed E-state index contributed by atoms with van der Waals surface area (Å²) in [6, 6.07) is 5.65. The lowest BCUT2D eigenvalue weighted by Gasteiger charge is -2.32. The Balaban J connectivity index is 1.69. The maximum atomic E-state index is 13.9. The molecule has 38 heavy (non-hydrogen) atoms. The van der Waals surface area contributed by atoms with E-state index in [2.05, 4.69) is 21.3 Å². The van der Waals surface area contributed by atoms with Crippen LogP contribution in [0.15, 0.2) is 24.3 Å². The third-order valence-electron chi connectivity index (χ3n) is 7.48. The number of amides is 3. The minimum atomic E-state index is -0.783. The highest BCUT2D eigenvalue weighted by Gasteiger charge is 2.47. The number of nitrogens with zero attached hydrogens (tertiary/aromatic N) is 1. The highest BCUT2D eigenvalue weighted by Crippen LogP contribution is 2.34. The summed E-state index contributed by atoms with van der Waals surface area (Å²) in [7, 11) is 1.62. The van der Waals surface area contributed by atoms with Crippen molar-refractivity contribution in [2.75, 3.05) is 26.7 Å². The van der Waals surface area contributed by atoms with Gasteiger partial charge in [0, 0.05) is 31.6 Å². The van der Waals surface area contributed by atoms with Gasteiger partial charge in [0.25, 0.3) is 0 Å². The summed E-state index contributed by atoms with van der Waals surface area (Å²) in [6.45, 7) is 5.37. The largest absolute Gasteiger partial charge is 0.497 e. The molecule has 1 unspecified atom stereocenters. The van der Waals surface area contributed by atoms with Crippen LogP contribution in [-0.2, 0) is 20.8 Å². The van der Waals surface area contributed by atoms with Crippen LogP contribution in [0.5, 0.6) is 5.75 Å². The van der Waals surface area contributed by atoms with Gasteiger partial charge in [-0.3, -0.25) is 14.4 Å². The zero-order chi connectivity index (χ0) is 27.7. The summed E-state index contributed by atoms with van der Waals surface area (Å²) in [6.07, 6.45) is 3.97. The molecule has 1 aromatic carbocycles. The summed E-state index contributed by atoms with van der Waals surface area (Å²) in [5.41, 5.74) is 7.06. The molecule has 0 radical (unpaired) electrons. The van der Waals surface area contributed by atoms with Crippen molar-refractivity contribution in [1.82, 2.24) is 26.2 Å². The molecule has 0 saturated carbocycles. The van der Waals surface area contributed by atoms with E-state index in [9.17, 15) is 14.4 Å². The van der Waals surface area contributed by atoms with Crippen molar-refractivity contribution < 1.29 is 19.1 Å². The Labute approximate surface area is 230 Å². The molecule has 2 aliphatic heterocycles. The lowest BCUT2D eigenvalue weighted by Crippen LogP contribution is -2.59. The van der Waals surface area contributed by atoms with Crippen LogP contribution in [0.2, 0.25) is 0 Å². The molecule has 2 heterocycles. The topological polar surface area (TPSA) is 138 Å². The molecular formula is C27H42N6O4S. The van der Waals surface area contributed by atoms with E-state index < -0.39 is 18.1 Å². The molecule has 3 rings (SSSR count). The minimum Gasteiger partial charge on any atom is -0.497 e. The zero-order valence-corrected chi connectivity index (χ0v) is 23.4. The summed E-state index contributed by atoms with van der Waals surface area (Å²) >= 11 is 5.31. The number of nitrogens with one attached hydrogen (secondary N) is 4. The molecule has 2 saturated heterocycles. The molecule has 0 spiro atoms. The first kappa shape index (κ1) is 29.6. The van der Waals surface area contributed by atoms with Gasteiger partial charge < -0.3 is 36.6 Å². The van der Waals surface area contributed by atoms with E-state index in [-0.39, 0.29) is 29.7 Å². The molecule has 210 valence electrons. The number of hydrogen-bond acceptors (Lipinski definition) is 6. The van der Waals surface area contributed by atoms with Gasteiger partial charge in [-0.25, -0.2) is 0 Å². The Morgan fingerprint density at radius 1 is 1.11 bits per heavy atom. The quantitative estimate of drug-likeness (QED) is 0.257. The lowest BCUT2D eigenvalue weighted by atomic mass is 9.93. The molecule has 0 aromatic heterocycles. The van der Waals surface area contributed by atoms with Gasteiger partial charge >= 0.3 is 0 Å². The normalized spacial score (nSPS) is 23.6. The minimum absolute atomic E-state index is 0.0372. The van der Waals surface area contributed by atoms with Crippen molar-refractivity contribution in [2.45, 2.75) is 76.5 Å². The van der Waals surface area contributed by atoms with Crippen LogP contribution in [0, 0.1) is 5.92 Å². The van der Waals surface area contributed by atoms with E-state index in [4.69, 9.17) is 22.7 Å². The number of rotatable bonds is 11. The Bertz CT molecular complexity index is 975. The van der Waals surface area contributed by atoms with E-state index in [0.717, 1.165) is 24.2 Å². The summed E-state index contributed by atoms with van der Waals surface area (Å²) in [4.78, 5) is 41.6. The summed E-state index contributed by atoms with van der Waals surface area (Å²) in [5, 5.41) is 12.7. The second-order valence-electron chi connectivity index (χ2n) is 9.96. The van der Waals surface area contributed by atoms with Gasteiger partial charge in [-0.15, -0.1) is 0 Å². The van der Waals surface area contributed by atoms with Crippen LogP contribution in [-0.4, -0.2) is 78.6 Å². The fourth-order valence-corrected chi connectivity index (χ4v) is 5.45. The molecular weight excluding hydrogens is 504 g/mol. The summed E-state index contributed by atoms with van der Waals surface area (Å²) < 4.78 is 5.19. The number of carbonyl (C=O) groups excluding carboxylic acids is 3. The molecule has 5 atom stereocenters. The van der Waals surface area contributed by atoms with Crippen molar-refractivity contribution in [2.24, 2.45) is 11.7 Å². The van der Waals surface area contributed by atoms with Gasteiger partial charge in [-0.2, -0.15) is 0 Å². The highest BCUT2D eigenvalue weighted by molar-refractivity contribution is 7.80. The number of carbonyl (C=O) groups is 3. The maximum absolute atomic E-state index is 13.9. The number of thiocarbonyl (C=S) groups is 1. The fraction of sp³-hybridized carbons (Fsp3) is 0.630. The van der Waals surface area contributed by atoms with Gasteiger partial charge in [0.15, 0.2) is 5.11 Å². The van der Waals surface area contributed by atoms with Crippen LogP contribution in [0.4, 0.5) is 0 Å². The Hall–Kier alpha value is -2.92. The van der Waals surface area contributed by atoms with Crippen LogP contribution in [0.25, 0.3) is 0 Å². The van der Waals surface area contributed by atoms with E-state index >= 15 is 0 Å². The molecule has 0 bridgehead atoms. The van der Waals surface area contributed by atoms with E-state index in [1.165, 1.54) is 0 Å². The number of fused-ring (bicyclic) bond motifs is 1.